The van der Waals surface area contributed by atoms with Gasteiger partial charge in [0.1, 0.15) is 0 Å². The van der Waals surface area contributed by atoms with Gasteiger partial charge in [-0.1, -0.05) is 6.07 Å². The molecule has 0 aliphatic carbocycles. The van der Waals surface area contributed by atoms with Gasteiger partial charge in [0.25, 0.3) is 0 Å². The summed E-state index contributed by atoms with van der Waals surface area (Å²) in [6.45, 7) is -0.369. The number of rotatable bonds is 5. The number of nitrogens with zero attached hydrogens (tertiary/aromatic N) is 2. The molecule has 0 saturated carbocycles. The van der Waals surface area contributed by atoms with E-state index in [1.807, 2.05) is 0 Å². The number of alkyl halides is 3. The van der Waals surface area contributed by atoms with Crippen molar-refractivity contribution in [1.82, 2.24) is 9.88 Å². The van der Waals surface area contributed by atoms with Crippen LogP contribution in [0.15, 0.2) is 18.2 Å². The summed E-state index contributed by atoms with van der Waals surface area (Å²) in [5.41, 5.74) is 1.09. The minimum absolute atomic E-state index is 0.145. The Labute approximate surface area is 102 Å². The summed E-state index contributed by atoms with van der Waals surface area (Å²) in [7, 11) is 0. The number of aryl methyl sites for hydroxylation is 1. The first-order valence-electron chi connectivity index (χ1n) is 5.20. The van der Waals surface area contributed by atoms with Crippen molar-refractivity contribution in [3.05, 3.63) is 29.6 Å². The second kappa shape index (κ2) is 5.81. The highest BCUT2D eigenvalue weighted by Crippen LogP contribution is 2.17. The topological polar surface area (TPSA) is 53.4 Å². The average molecular weight is 262 g/mol. The highest BCUT2D eigenvalue weighted by Gasteiger charge is 2.31. The van der Waals surface area contributed by atoms with Crippen LogP contribution in [0.3, 0.4) is 0 Å². The van der Waals surface area contributed by atoms with Crippen LogP contribution in [0.1, 0.15) is 11.4 Å². The molecule has 0 atom stereocenters. The van der Waals surface area contributed by atoms with Crippen molar-refractivity contribution in [2.45, 2.75) is 19.6 Å². The van der Waals surface area contributed by atoms with E-state index in [0.717, 1.165) is 4.90 Å². The molecule has 0 aromatic carbocycles. The number of carboxylic acids is 1. The lowest BCUT2D eigenvalue weighted by atomic mass is 10.3. The molecule has 100 valence electrons. The molecule has 1 N–H and O–H groups in total. The fourth-order valence-corrected chi connectivity index (χ4v) is 1.53. The third-order valence-electron chi connectivity index (χ3n) is 2.09. The van der Waals surface area contributed by atoms with Gasteiger partial charge in [-0.15, -0.1) is 0 Å². The monoisotopic (exact) mass is 262 g/mol. The highest BCUT2D eigenvalue weighted by atomic mass is 19.4. The Hall–Kier alpha value is -1.63. The van der Waals surface area contributed by atoms with Gasteiger partial charge in [0, 0.05) is 12.2 Å². The van der Waals surface area contributed by atoms with Gasteiger partial charge >= 0.3 is 12.1 Å². The van der Waals surface area contributed by atoms with Gasteiger partial charge in [-0.2, -0.15) is 13.2 Å². The maximum Gasteiger partial charge on any atom is 0.401 e. The van der Waals surface area contributed by atoms with Crippen LogP contribution < -0.4 is 0 Å². The molecular weight excluding hydrogens is 249 g/mol. The molecule has 0 unspecified atom stereocenters. The molecule has 0 aliphatic rings. The molecule has 0 spiro atoms. The van der Waals surface area contributed by atoms with Crippen LogP contribution >= 0.6 is 0 Å². The molecule has 0 saturated heterocycles. The summed E-state index contributed by atoms with van der Waals surface area (Å²) >= 11 is 0. The van der Waals surface area contributed by atoms with E-state index in [-0.39, 0.29) is 6.54 Å². The molecule has 0 radical (unpaired) electrons. The smallest absolute Gasteiger partial charge is 0.401 e. The van der Waals surface area contributed by atoms with E-state index in [1.165, 1.54) is 0 Å². The largest absolute Gasteiger partial charge is 0.480 e. The van der Waals surface area contributed by atoms with Crippen molar-refractivity contribution in [1.29, 1.82) is 0 Å². The lowest BCUT2D eigenvalue weighted by molar-refractivity contribution is -0.155. The van der Waals surface area contributed by atoms with Crippen molar-refractivity contribution in [3.8, 4) is 0 Å². The van der Waals surface area contributed by atoms with Crippen molar-refractivity contribution in [2.75, 3.05) is 13.1 Å². The van der Waals surface area contributed by atoms with Gasteiger partial charge < -0.3 is 5.11 Å². The summed E-state index contributed by atoms with van der Waals surface area (Å²) in [5, 5.41) is 8.58. The third-order valence-corrected chi connectivity index (χ3v) is 2.09. The normalized spacial score (nSPS) is 11.8. The maximum absolute atomic E-state index is 12.3. The van der Waals surface area contributed by atoms with Crippen LogP contribution in [0.2, 0.25) is 0 Å². The number of carboxylic acid groups (broad SMARTS) is 1. The molecule has 1 heterocycles. The van der Waals surface area contributed by atoms with Gasteiger partial charge in [0.15, 0.2) is 0 Å². The van der Waals surface area contributed by atoms with Gasteiger partial charge in [0.2, 0.25) is 0 Å². The first-order valence-corrected chi connectivity index (χ1v) is 5.20. The Morgan fingerprint density at radius 3 is 2.61 bits per heavy atom. The van der Waals surface area contributed by atoms with Crippen LogP contribution in [0, 0.1) is 6.92 Å². The zero-order valence-electron chi connectivity index (χ0n) is 9.74. The average Bonchev–Trinajstić information content (AvgIpc) is 2.12. The van der Waals surface area contributed by atoms with Crippen LogP contribution in [0.4, 0.5) is 13.2 Å². The standard InChI is InChI=1S/C11H13F3N2O2/c1-8-3-2-4-9(15-8)5-16(6-10(17)18)7-11(12,13)14/h2-4H,5-7H2,1H3,(H,17,18). The second-order valence-electron chi connectivity index (χ2n) is 3.92. The van der Waals surface area contributed by atoms with Crippen molar-refractivity contribution >= 4 is 5.97 Å². The van der Waals surface area contributed by atoms with Gasteiger partial charge in [0.05, 0.1) is 18.8 Å². The van der Waals surface area contributed by atoms with Gasteiger partial charge in [-0.05, 0) is 19.1 Å². The van der Waals surface area contributed by atoms with E-state index in [4.69, 9.17) is 5.11 Å². The summed E-state index contributed by atoms with van der Waals surface area (Å²) in [5.74, 6) is -1.30. The number of pyridine rings is 1. The van der Waals surface area contributed by atoms with E-state index in [2.05, 4.69) is 4.98 Å². The molecule has 0 bridgehead atoms. The summed E-state index contributed by atoms with van der Waals surface area (Å²) in [6, 6.07) is 4.96. The van der Waals surface area contributed by atoms with Crippen molar-refractivity contribution < 1.29 is 23.1 Å². The number of hydrogen-bond donors (Lipinski definition) is 1. The van der Waals surface area contributed by atoms with Crippen LogP contribution in [0.25, 0.3) is 0 Å². The zero-order valence-corrected chi connectivity index (χ0v) is 9.74. The van der Waals surface area contributed by atoms with Crippen LogP contribution in [0.5, 0.6) is 0 Å². The Bertz CT molecular complexity index is 421. The highest BCUT2D eigenvalue weighted by molar-refractivity contribution is 5.69. The Morgan fingerprint density at radius 2 is 2.11 bits per heavy atom. The number of carbonyl (C=O) groups is 1. The Balaban J connectivity index is 2.74. The molecule has 7 heteroatoms. The Kier molecular flexibility index (Phi) is 4.66. The fraction of sp³-hybridized carbons (Fsp3) is 0.455. The maximum atomic E-state index is 12.3. The molecular formula is C11H13F3N2O2. The molecule has 1 aromatic heterocycles. The zero-order chi connectivity index (χ0) is 13.8. The number of hydrogen-bond acceptors (Lipinski definition) is 3. The predicted molar refractivity (Wildman–Crippen MR) is 57.9 cm³/mol. The minimum Gasteiger partial charge on any atom is -0.480 e. The predicted octanol–water partition coefficient (Wildman–Crippen LogP) is 1.84. The number of aliphatic carboxylic acids is 1. The summed E-state index contributed by atoms with van der Waals surface area (Å²) < 4.78 is 36.8. The second-order valence-corrected chi connectivity index (χ2v) is 3.92. The SMILES string of the molecule is Cc1cccc(CN(CC(=O)O)CC(F)(F)F)n1. The molecule has 18 heavy (non-hydrogen) atoms. The molecule has 0 fully saturated rings. The fourth-order valence-electron chi connectivity index (χ4n) is 1.53. The van der Waals surface area contributed by atoms with E-state index < -0.39 is 25.2 Å². The molecule has 0 amide bonds. The minimum atomic E-state index is -4.43. The van der Waals surface area contributed by atoms with Crippen LogP contribution in [-0.2, 0) is 11.3 Å². The Morgan fingerprint density at radius 1 is 1.44 bits per heavy atom. The molecule has 4 nitrogen and oxygen atoms in total. The van der Waals surface area contributed by atoms with E-state index in [9.17, 15) is 18.0 Å². The summed E-state index contributed by atoms with van der Waals surface area (Å²) in [4.78, 5) is 15.4. The molecule has 1 rings (SSSR count). The number of aromatic nitrogens is 1. The molecule has 1 aromatic rings. The summed E-state index contributed by atoms with van der Waals surface area (Å²) in [6.07, 6.45) is -4.43. The van der Waals surface area contributed by atoms with Crippen molar-refractivity contribution in [3.63, 3.8) is 0 Å². The number of halogens is 3. The first kappa shape index (κ1) is 14.4. The quantitative estimate of drug-likeness (QED) is 0.879. The van der Waals surface area contributed by atoms with E-state index >= 15 is 0 Å². The lowest BCUT2D eigenvalue weighted by Gasteiger charge is -2.21. The van der Waals surface area contributed by atoms with Gasteiger partial charge in [-0.3, -0.25) is 14.7 Å². The van der Waals surface area contributed by atoms with E-state index in [0.29, 0.717) is 11.4 Å². The van der Waals surface area contributed by atoms with Crippen molar-refractivity contribution in [2.24, 2.45) is 0 Å². The first-order chi connectivity index (χ1) is 8.26. The van der Waals surface area contributed by atoms with Gasteiger partial charge in [-0.25, -0.2) is 0 Å². The molecule has 0 aliphatic heterocycles. The van der Waals surface area contributed by atoms with E-state index in [1.54, 1.807) is 25.1 Å². The third kappa shape index (κ3) is 5.62. The van der Waals surface area contributed by atoms with Crippen LogP contribution in [-0.4, -0.2) is 40.2 Å². The lowest BCUT2D eigenvalue weighted by Crippen LogP contribution is -2.37.